The van der Waals surface area contributed by atoms with Crippen LogP contribution in [0, 0.1) is 0 Å². The van der Waals surface area contributed by atoms with E-state index in [9.17, 15) is 0 Å². The molecule has 6 heteroatoms. The number of pyridine rings is 1. The number of nitrogens with one attached hydrogen (secondary N) is 1. The van der Waals surface area contributed by atoms with Gasteiger partial charge in [-0.3, -0.25) is 0 Å². The van der Waals surface area contributed by atoms with Crippen molar-refractivity contribution in [2.75, 3.05) is 7.05 Å². The first-order valence-corrected chi connectivity index (χ1v) is 10.0. The molecule has 0 spiro atoms. The van der Waals surface area contributed by atoms with E-state index in [4.69, 9.17) is 17.1 Å². The Morgan fingerprint density at radius 3 is 2.93 bits per heavy atom. The average Bonchev–Trinajstić information content (AvgIpc) is 3.22. The normalized spacial score (nSPS) is 21.0. The van der Waals surface area contributed by atoms with Gasteiger partial charge in [0.15, 0.2) is 0 Å². The monoisotopic (exact) mass is 392 g/mol. The zero-order chi connectivity index (χ0) is 19.4. The topological polar surface area (TPSA) is 50.9 Å². The van der Waals surface area contributed by atoms with E-state index in [1.807, 2.05) is 54.0 Å². The van der Waals surface area contributed by atoms with Crippen molar-refractivity contribution >= 4 is 28.6 Å². The third-order valence-corrected chi connectivity index (χ3v) is 6.01. The zero-order valence-corrected chi connectivity index (χ0v) is 16.8. The fourth-order valence-corrected chi connectivity index (χ4v) is 4.33. The highest BCUT2D eigenvalue weighted by Gasteiger charge is 2.44. The van der Waals surface area contributed by atoms with Gasteiger partial charge in [0.25, 0.3) is 0 Å². The van der Waals surface area contributed by atoms with Crippen molar-refractivity contribution in [1.29, 1.82) is 0 Å². The SMILES string of the molecule is CNC(=S)C1(c2ccc3nccn3c2)CCCCC1=NOCc1ccccc1. The lowest BCUT2D eigenvalue weighted by molar-refractivity contribution is 0.127. The van der Waals surface area contributed by atoms with Gasteiger partial charge in [0.1, 0.15) is 12.3 Å². The van der Waals surface area contributed by atoms with E-state index >= 15 is 0 Å². The summed E-state index contributed by atoms with van der Waals surface area (Å²) in [5.41, 5.74) is 3.69. The second-order valence-corrected chi connectivity index (χ2v) is 7.51. The maximum atomic E-state index is 5.82. The van der Waals surface area contributed by atoms with Crippen LogP contribution < -0.4 is 5.32 Å². The lowest BCUT2D eigenvalue weighted by Gasteiger charge is -2.38. The Morgan fingerprint density at radius 1 is 1.25 bits per heavy atom. The minimum absolute atomic E-state index is 0.447. The van der Waals surface area contributed by atoms with E-state index in [0.29, 0.717) is 6.61 Å². The summed E-state index contributed by atoms with van der Waals surface area (Å²) >= 11 is 5.82. The van der Waals surface area contributed by atoms with Gasteiger partial charge in [-0.2, -0.15) is 0 Å². The van der Waals surface area contributed by atoms with E-state index < -0.39 is 5.41 Å². The Kier molecular flexibility index (Phi) is 5.39. The molecule has 2 aromatic heterocycles. The maximum absolute atomic E-state index is 5.82. The molecule has 0 saturated heterocycles. The Morgan fingerprint density at radius 2 is 2.11 bits per heavy atom. The summed E-state index contributed by atoms with van der Waals surface area (Å²) in [6, 6.07) is 14.2. The molecule has 4 rings (SSSR count). The highest BCUT2D eigenvalue weighted by atomic mass is 32.1. The summed E-state index contributed by atoms with van der Waals surface area (Å²) < 4.78 is 2.03. The molecule has 1 saturated carbocycles. The largest absolute Gasteiger partial charge is 0.391 e. The van der Waals surface area contributed by atoms with Gasteiger partial charge in [-0.05, 0) is 36.5 Å². The second kappa shape index (κ2) is 8.10. The third kappa shape index (κ3) is 3.40. The Balaban J connectivity index is 1.71. The summed E-state index contributed by atoms with van der Waals surface area (Å²) in [4.78, 5) is 10.9. The first-order chi connectivity index (χ1) is 13.7. The lowest BCUT2D eigenvalue weighted by atomic mass is 9.68. The highest BCUT2D eigenvalue weighted by Crippen LogP contribution is 2.39. The molecule has 0 aliphatic heterocycles. The second-order valence-electron chi connectivity index (χ2n) is 7.10. The number of aromatic nitrogens is 2. The molecule has 1 N–H and O–H groups in total. The molecule has 0 bridgehead atoms. The molecule has 1 aliphatic rings. The van der Waals surface area contributed by atoms with Crippen molar-refractivity contribution in [3.63, 3.8) is 0 Å². The quantitative estimate of drug-likeness (QED) is 0.521. The molecule has 0 amide bonds. The van der Waals surface area contributed by atoms with Crippen molar-refractivity contribution in [3.8, 4) is 0 Å². The van der Waals surface area contributed by atoms with Gasteiger partial charge in [-0.1, -0.05) is 60.2 Å². The van der Waals surface area contributed by atoms with Crippen molar-refractivity contribution < 1.29 is 4.84 Å². The van der Waals surface area contributed by atoms with Crippen LogP contribution in [0.1, 0.15) is 36.8 Å². The van der Waals surface area contributed by atoms with Crippen LogP contribution in [-0.2, 0) is 16.9 Å². The molecule has 3 aromatic rings. The molecule has 1 aromatic carbocycles. The van der Waals surface area contributed by atoms with Gasteiger partial charge in [0, 0.05) is 25.6 Å². The molecule has 1 fully saturated rings. The number of oxime groups is 1. The van der Waals surface area contributed by atoms with Crippen LogP contribution in [0.15, 0.2) is 66.2 Å². The van der Waals surface area contributed by atoms with E-state index in [-0.39, 0.29) is 0 Å². The van der Waals surface area contributed by atoms with Gasteiger partial charge in [-0.25, -0.2) is 4.98 Å². The van der Waals surface area contributed by atoms with Crippen LogP contribution in [0.2, 0.25) is 0 Å². The number of hydrogen-bond acceptors (Lipinski definition) is 4. The number of rotatable bonds is 5. The number of imidazole rings is 1. The standard InChI is InChI=1S/C22H24N4OS/c1-23-21(28)22(18-10-11-20-24-13-14-26(20)15-18)12-6-5-9-19(22)25-27-16-17-7-3-2-4-8-17/h2-4,7-8,10-11,13-15H,5-6,9,12,16H2,1H3,(H,23,28). The van der Waals surface area contributed by atoms with Crippen molar-refractivity contribution in [3.05, 3.63) is 72.2 Å². The van der Waals surface area contributed by atoms with Crippen molar-refractivity contribution in [2.45, 2.75) is 37.7 Å². The van der Waals surface area contributed by atoms with E-state index in [1.54, 1.807) is 6.20 Å². The summed E-state index contributed by atoms with van der Waals surface area (Å²) in [6.07, 6.45) is 9.86. The first kappa shape index (κ1) is 18.6. The van der Waals surface area contributed by atoms with Crippen LogP contribution in [0.5, 0.6) is 0 Å². The predicted molar refractivity (Wildman–Crippen MR) is 116 cm³/mol. The number of benzene rings is 1. The smallest absolute Gasteiger partial charge is 0.142 e. The molecule has 1 unspecified atom stereocenters. The molecular weight excluding hydrogens is 368 g/mol. The lowest BCUT2D eigenvalue weighted by Crippen LogP contribution is -2.50. The van der Waals surface area contributed by atoms with Crippen LogP contribution in [0.3, 0.4) is 0 Å². The number of nitrogens with zero attached hydrogens (tertiary/aromatic N) is 3. The minimum atomic E-state index is -0.447. The maximum Gasteiger partial charge on any atom is 0.142 e. The fourth-order valence-electron chi connectivity index (χ4n) is 4.00. The molecule has 2 heterocycles. The van der Waals surface area contributed by atoms with E-state index in [1.165, 1.54) is 0 Å². The van der Waals surface area contributed by atoms with E-state index in [0.717, 1.165) is 53.2 Å². The predicted octanol–water partition coefficient (Wildman–Crippen LogP) is 4.27. The van der Waals surface area contributed by atoms with Crippen molar-refractivity contribution in [1.82, 2.24) is 14.7 Å². The van der Waals surface area contributed by atoms with Crippen LogP contribution >= 0.6 is 12.2 Å². The molecule has 0 radical (unpaired) electrons. The molecule has 1 atom stereocenters. The molecule has 28 heavy (non-hydrogen) atoms. The Labute approximate surface area is 170 Å². The van der Waals surface area contributed by atoms with Gasteiger partial charge in [0.2, 0.25) is 0 Å². The number of hydrogen-bond donors (Lipinski definition) is 1. The van der Waals surface area contributed by atoms with Gasteiger partial charge in [0.05, 0.1) is 16.1 Å². The summed E-state index contributed by atoms with van der Waals surface area (Å²) in [5.74, 6) is 0. The number of thiocarbonyl (C=S) groups is 1. The molecule has 5 nitrogen and oxygen atoms in total. The van der Waals surface area contributed by atoms with Gasteiger partial charge in [-0.15, -0.1) is 0 Å². The zero-order valence-electron chi connectivity index (χ0n) is 16.0. The Bertz CT molecular complexity index is 998. The highest BCUT2D eigenvalue weighted by molar-refractivity contribution is 7.80. The third-order valence-electron chi connectivity index (χ3n) is 5.45. The average molecular weight is 393 g/mol. The van der Waals surface area contributed by atoms with Crippen LogP contribution in [-0.4, -0.2) is 27.1 Å². The minimum Gasteiger partial charge on any atom is -0.391 e. The van der Waals surface area contributed by atoms with E-state index in [2.05, 4.69) is 27.7 Å². The first-order valence-electron chi connectivity index (χ1n) is 9.62. The van der Waals surface area contributed by atoms with Gasteiger partial charge >= 0.3 is 0 Å². The van der Waals surface area contributed by atoms with Crippen LogP contribution in [0.4, 0.5) is 0 Å². The molecule has 144 valence electrons. The summed E-state index contributed by atoms with van der Waals surface area (Å²) in [6.45, 7) is 0.452. The molecular formula is C22H24N4OS. The summed E-state index contributed by atoms with van der Waals surface area (Å²) in [5, 5.41) is 7.83. The molecule has 1 aliphatic carbocycles. The fraction of sp³-hybridized carbons (Fsp3) is 0.318. The Hall–Kier alpha value is -2.73. The number of fused-ring (bicyclic) bond motifs is 1. The summed E-state index contributed by atoms with van der Waals surface area (Å²) in [7, 11) is 1.89. The van der Waals surface area contributed by atoms with Crippen LogP contribution in [0.25, 0.3) is 5.65 Å². The number of likely N-dealkylation sites (N-methyl/N-ethyl adjacent to an activating group) is 1. The van der Waals surface area contributed by atoms with Crippen molar-refractivity contribution in [2.24, 2.45) is 5.16 Å². The van der Waals surface area contributed by atoms with Gasteiger partial charge < -0.3 is 14.6 Å².